The van der Waals surface area contributed by atoms with Gasteiger partial charge in [0.1, 0.15) is 16.4 Å². The summed E-state index contributed by atoms with van der Waals surface area (Å²) in [4.78, 5) is 20.4. The van der Waals surface area contributed by atoms with Crippen LogP contribution in [0.5, 0.6) is 0 Å². The van der Waals surface area contributed by atoms with Crippen LogP contribution in [0.2, 0.25) is 0 Å². The van der Waals surface area contributed by atoms with Crippen LogP contribution in [0.3, 0.4) is 0 Å². The summed E-state index contributed by atoms with van der Waals surface area (Å²) in [6.45, 7) is 1.89. The molecule has 0 amide bonds. The minimum Gasteiger partial charge on any atom is -0.309 e. The molecule has 0 atom stereocenters. The molecule has 0 aliphatic heterocycles. The van der Waals surface area contributed by atoms with Crippen LogP contribution in [0.4, 0.5) is 0 Å². The van der Waals surface area contributed by atoms with Gasteiger partial charge in [-0.1, -0.05) is 48.0 Å². The van der Waals surface area contributed by atoms with Gasteiger partial charge in [0.2, 0.25) is 0 Å². The molecule has 4 rings (SSSR count). The number of nitrogens with zero attached hydrogens (tertiary/aromatic N) is 1. The molecule has 2 heterocycles. The molecule has 0 fully saturated rings. The summed E-state index contributed by atoms with van der Waals surface area (Å²) < 4.78 is 25.3. The van der Waals surface area contributed by atoms with Gasteiger partial charge in [-0.15, -0.1) is 11.3 Å². The molecule has 7 heteroatoms. The molecule has 0 spiro atoms. The highest BCUT2D eigenvalue weighted by atomic mass is 32.2. The molecule has 0 aliphatic rings. The predicted octanol–water partition coefficient (Wildman–Crippen LogP) is 3.93. The maximum absolute atomic E-state index is 12.6. The fraction of sp³-hybridized carbons (Fsp3) is 0.100. The van der Waals surface area contributed by atoms with E-state index in [2.05, 4.69) is 9.97 Å². The second-order valence-electron chi connectivity index (χ2n) is 6.28. The van der Waals surface area contributed by atoms with Crippen LogP contribution in [0.1, 0.15) is 11.4 Å². The summed E-state index contributed by atoms with van der Waals surface area (Å²) in [5.74, 6) is -0.200. The fourth-order valence-corrected chi connectivity index (χ4v) is 5.08. The highest BCUT2D eigenvalue weighted by Gasteiger charge is 2.19. The predicted molar refractivity (Wildman–Crippen MR) is 108 cm³/mol. The van der Waals surface area contributed by atoms with Crippen molar-refractivity contribution >= 4 is 31.4 Å². The lowest BCUT2D eigenvalue weighted by Crippen LogP contribution is -2.15. The normalized spacial score (nSPS) is 11.7. The Morgan fingerprint density at radius 1 is 1.04 bits per heavy atom. The highest BCUT2D eigenvalue weighted by Crippen LogP contribution is 2.30. The molecule has 0 radical (unpaired) electrons. The molecular weight excluding hydrogens is 380 g/mol. The van der Waals surface area contributed by atoms with E-state index in [-0.39, 0.29) is 22.0 Å². The fourth-order valence-electron chi connectivity index (χ4n) is 2.90. The summed E-state index contributed by atoms with van der Waals surface area (Å²) >= 11 is 1.33. The average molecular weight is 396 g/mol. The molecular formula is C20H16N2O3S2. The van der Waals surface area contributed by atoms with E-state index in [1.807, 2.05) is 42.6 Å². The highest BCUT2D eigenvalue weighted by molar-refractivity contribution is 7.90. The smallest absolute Gasteiger partial charge is 0.260 e. The zero-order valence-corrected chi connectivity index (χ0v) is 16.1. The van der Waals surface area contributed by atoms with Gasteiger partial charge in [0, 0.05) is 10.9 Å². The SMILES string of the molecule is Cc1ccc(S(=O)(=O)Cc2nc3scc(-c4ccccc4)c3c(=O)[nH]2)cc1. The van der Waals surface area contributed by atoms with Crippen molar-refractivity contribution in [1.82, 2.24) is 9.97 Å². The van der Waals surface area contributed by atoms with Crippen molar-refractivity contribution in [2.24, 2.45) is 0 Å². The van der Waals surface area contributed by atoms with Gasteiger partial charge < -0.3 is 4.98 Å². The van der Waals surface area contributed by atoms with Crippen molar-refractivity contribution in [2.75, 3.05) is 0 Å². The largest absolute Gasteiger partial charge is 0.309 e. The maximum Gasteiger partial charge on any atom is 0.260 e. The third-order valence-electron chi connectivity index (χ3n) is 4.28. The van der Waals surface area contributed by atoms with Crippen LogP contribution >= 0.6 is 11.3 Å². The number of rotatable bonds is 4. The Morgan fingerprint density at radius 3 is 2.44 bits per heavy atom. The molecule has 2 aromatic carbocycles. The lowest BCUT2D eigenvalue weighted by Gasteiger charge is -2.05. The first kappa shape index (κ1) is 17.6. The minimum atomic E-state index is -3.59. The molecule has 0 saturated heterocycles. The van der Waals surface area contributed by atoms with Crippen molar-refractivity contribution in [3.63, 3.8) is 0 Å². The number of sulfone groups is 1. The van der Waals surface area contributed by atoms with E-state index in [1.54, 1.807) is 24.3 Å². The number of hydrogen-bond donors (Lipinski definition) is 1. The quantitative estimate of drug-likeness (QED) is 0.567. The Hall–Kier alpha value is -2.77. The Bertz CT molecular complexity index is 1270. The molecule has 2 aromatic heterocycles. The standard InChI is InChI=1S/C20H16N2O3S2/c1-13-7-9-15(10-8-13)27(24,25)12-17-21-19(23)18-16(11-26-20(18)22-17)14-5-3-2-4-6-14/h2-11H,12H2,1H3,(H,21,22,23). The van der Waals surface area contributed by atoms with Crippen LogP contribution in [0.15, 0.2) is 69.7 Å². The first-order valence-electron chi connectivity index (χ1n) is 8.29. The number of aryl methyl sites for hydroxylation is 1. The molecule has 27 heavy (non-hydrogen) atoms. The monoisotopic (exact) mass is 396 g/mol. The molecule has 0 unspecified atom stereocenters. The summed E-state index contributed by atoms with van der Waals surface area (Å²) in [6.07, 6.45) is 0. The topological polar surface area (TPSA) is 79.9 Å². The van der Waals surface area contributed by atoms with Crippen molar-refractivity contribution in [3.8, 4) is 11.1 Å². The molecule has 136 valence electrons. The van der Waals surface area contributed by atoms with E-state index in [1.165, 1.54) is 11.3 Å². The number of thiophene rings is 1. The van der Waals surface area contributed by atoms with Crippen molar-refractivity contribution < 1.29 is 8.42 Å². The van der Waals surface area contributed by atoms with Crippen molar-refractivity contribution in [3.05, 3.63) is 81.7 Å². The summed E-state index contributed by atoms with van der Waals surface area (Å²) in [5, 5.41) is 2.36. The first-order valence-corrected chi connectivity index (χ1v) is 10.8. The van der Waals surface area contributed by atoms with Gasteiger partial charge in [-0.2, -0.15) is 0 Å². The number of aromatic amines is 1. The number of aromatic nitrogens is 2. The van der Waals surface area contributed by atoms with E-state index in [0.29, 0.717) is 10.2 Å². The maximum atomic E-state index is 12.6. The Morgan fingerprint density at radius 2 is 1.74 bits per heavy atom. The Labute approximate surface area is 160 Å². The number of hydrogen-bond acceptors (Lipinski definition) is 5. The van der Waals surface area contributed by atoms with E-state index in [4.69, 9.17) is 0 Å². The first-order chi connectivity index (χ1) is 12.9. The number of benzene rings is 2. The second kappa shape index (κ2) is 6.75. The van der Waals surface area contributed by atoms with Crippen molar-refractivity contribution in [1.29, 1.82) is 0 Å². The Kier molecular flexibility index (Phi) is 4.41. The third kappa shape index (κ3) is 3.43. The molecule has 0 bridgehead atoms. The minimum absolute atomic E-state index is 0.148. The second-order valence-corrected chi connectivity index (χ2v) is 9.13. The molecule has 1 N–H and O–H groups in total. The number of fused-ring (bicyclic) bond motifs is 1. The van der Waals surface area contributed by atoms with Crippen LogP contribution in [-0.2, 0) is 15.6 Å². The molecule has 4 aromatic rings. The van der Waals surface area contributed by atoms with Crippen LogP contribution in [0.25, 0.3) is 21.3 Å². The number of H-pyrrole nitrogens is 1. The van der Waals surface area contributed by atoms with Gasteiger partial charge in [-0.05, 0) is 24.6 Å². The van der Waals surface area contributed by atoms with E-state index < -0.39 is 9.84 Å². The van der Waals surface area contributed by atoms with Gasteiger partial charge in [-0.25, -0.2) is 13.4 Å². The van der Waals surface area contributed by atoms with E-state index >= 15 is 0 Å². The van der Waals surface area contributed by atoms with E-state index in [9.17, 15) is 13.2 Å². The van der Waals surface area contributed by atoms with Gasteiger partial charge in [0.25, 0.3) is 5.56 Å². The lowest BCUT2D eigenvalue weighted by atomic mass is 10.1. The van der Waals surface area contributed by atoms with Gasteiger partial charge in [-0.3, -0.25) is 4.79 Å². The third-order valence-corrected chi connectivity index (χ3v) is 6.80. The van der Waals surface area contributed by atoms with E-state index in [0.717, 1.165) is 16.7 Å². The average Bonchev–Trinajstić information content (AvgIpc) is 3.07. The summed E-state index contributed by atoms with van der Waals surface area (Å²) in [5.41, 5.74) is 2.39. The summed E-state index contributed by atoms with van der Waals surface area (Å²) in [7, 11) is -3.59. The van der Waals surface area contributed by atoms with Gasteiger partial charge in [0.05, 0.1) is 10.3 Å². The summed E-state index contributed by atoms with van der Waals surface area (Å²) in [6, 6.07) is 16.2. The number of nitrogens with one attached hydrogen (secondary N) is 1. The van der Waals surface area contributed by atoms with Crippen LogP contribution in [-0.4, -0.2) is 18.4 Å². The van der Waals surface area contributed by atoms with Gasteiger partial charge >= 0.3 is 0 Å². The zero-order chi connectivity index (χ0) is 19.0. The van der Waals surface area contributed by atoms with Crippen molar-refractivity contribution in [2.45, 2.75) is 17.6 Å². The molecule has 0 aliphatic carbocycles. The molecule has 0 saturated carbocycles. The van der Waals surface area contributed by atoms with Crippen LogP contribution in [0, 0.1) is 6.92 Å². The van der Waals surface area contributed by atoms with Crippen LogP contribution < -0.4 is 5.56 Å². The van der Waals surface area contributed by atoms with Gasteiger partial charge in [0.15, 0.2) is 9.84 Å². The Balaban J connectivity index is 1.74. The molecule has 5 nitrogen and oxygen atoms in total. The lowest BCUT2D eigenvalue weighted by molar-refractivity contribution is 0.594. The zero-order valence-electron chi connectivity index (χ0n) is 14.5.